The largest absolute Gasteiger partial charge is 0.458 e. The second-order valence-corrected chi connectivity index (χ2v) is 4.60. The number of furan rings is 1. The molecule has 1 aromatic rings. The first-order valence-electron chi connectivity index (χ1n) is 5.34. The van der Waals surface area contributed by atoms with Crippen molar-refractivity contribution >= 4 is 34.2 Å². The Morgan fingerprint density at radius 1 is 1.53 bits per heavy atom. The highest BCUT2D eigenvalue weighted by molar-refractivity contribution is 9.10. The molecule has 0 aliphatic heterocycles. The molecule has 1 rings (SSSR count). The Morgan fingerprint density at radius 2 is 2.12 bits per heavy atom. The van der Waals surface area contributed by atoms with E-state index in [2.05, 4.69) is 21.2 Å². The Morgan fingerprint density at radius 3 is 2.47 bits per heavy atom. The predicted octanol–water partition coefficient (Wildman–Crippen LogP) is 2.71. The molecule has 0 radical (unpaired) electrons. The fourth-order valence-corrected chi connectivity index (χ4v) is 1.90. The molecule has 0 aliphatic carbocycles. The van der Waals surface area contributed by atoms with Crippen LogP contribution in [0.15, 0.2) is 21.2 Å². The van der Waals surface area contributed by atoms with Gasteiger partial charge in [0.2, 0.25) is 5.76 Å². The zero-order valence-electron chi connectivity index (χ0n) is 9.96. The third-order valence-electron chi connectivity index (χ3n) is 2.95. The van der Waals surface area contributed by atoms with Gasteiger partial charge in [0.15, 0.2) is 0 Å². The average molecular weight is 326 g/mol. The molecule has 0 spiro atoms. The molecule has 4 nitrogen and oxygen atoms in total. The molecule has 3 N–H and O–H groups in total. The number of nitrogens with two attached hydrogens (primary N) is 1. The molecule has 6 heteroatoms. The van der Waals surface area contributed by atoms with Gasteiger partial charge >= 0.3 is 0 Å². The molecule has 98 valence electrons. The van der Waals surface area contributed by atoms with E-state index >= 15 is 0 Å². The van der Waals surface area contributed by atoms with E-state index in [1.165, 1.54) is 6.26 Å². The van der Waals surface area contributed by atoms with Gasteiger partial charge in [-0.2, -0.15) is 0 Å². The van der Waals surface area contributed by atoms with Crippen molar-refractivity contribution in [3.63, 3.8) is 0 Å². The van der Waals surface area contributed by atoms with E-state index in [1.807, 2.05) is 13.8 Å². The quantitative estimate of drug-likeness (QED) is 0.874. The van der Waals surface area contributed by atoms with Crippen LogP contribution in [0, 0.1) is 0 Å². The molecule has 0 bridgehead atoms. The molecule has 0 atom stereocenters. The van der Waals surface area contributed by atoms with Gasteiger partial charge in [0.25, 0.3) is 5.91 Å². The van der Waals surface area contributed by atoms with E-state index < -0.39 is 0 Å². The van der Waals surface area contributed by atoms with Crippen molar-refractivity contribution in [3.8, 4) is 0 Å². The lowest BCUT2D eigenvalue weighted by molar-refractivity contribution is 0.0865. The van der Waals surface area contributed by atoms with Gasteiger partial charge in [-0.25, -0.2) is 0 Å². The highest BCUT2D eigenvalue weighted by atomic mass is 79.9. The van der Waals surface area contributed by atoms with Gasteiger partial charge < -0.3 is 15.5 Å². The number of hydrogen-bond donors (Lipinski definition) is 2. The molecule has 1 heterocycles. The van der Waals surface area contributed by atoms with Crippen molar-refractivity contribution in [2.45, 2.75) is 32.2 Å². The maximum absolute atomic E-state index is 11.9. The molecule has 1 aromatic heterocycles. The average Bonchev–Trinajstić information content (AvgIpc) is 2.72. The van der Waals surface area contributed by atoms with Crippen LogP contribution in [-0.2, 0) is 0 Å². The molecule has 17 heavy (non-hydrogen) atoms. The van der Waals surface area contributed by atoms with Crippen molar-refractivity contribution in [2.75, 3.05) is 6.54 Å². The van der Waals surface area contributed by atoms with Crippen LogP contribution in [0.3, 0.4) is 0 Å². The van der Waals surface area contributed by atoms with Crippen LogP contribution in [0.25, 0.3) is 0 Å². The van der Waals surface area contributed by atoms with Crippen molar-refractivity contribution in [1.29, 1.82) is 0 Å². The second kappa shape index (κ2) is 7.03. The van der Waals surface area contributed by atoms with Gasteiger partial charge in [-0.15, -0.1) is 12.4 Å². The summed E-state index contributed by atoms with van der Waals surface area (Å²) in [7, 11) is 0. The van der Waals surface area contributed by atoms with Crippen LogP contribution >= 0.6 is 28.3 Å². The van der Waals surface area contributed by atoms with Gasteiger partial charge in [0, 0.05) is 6.54 Å². The SMILES string of the molecule is CCC(CC)(CN)NC(=O)c1occc1Br.Cl. The van der Waals surface area contributed by atoms with E-state index in [1.54, 1.807) is 6.07 Å². The van der Waals surface area contributed by atoms with E-state index in [0.29, 0.717) is 16.8 Å². The molecule has 0 aromatic carbocycles. The first kappa shape index (κ1) is 16.5. The Bertz CT molecular complexity index is 356. The molecular formula is C11H18BrClN2O2. The molecule has 0 saturated carbocycles. The number of carbonyl (C=O) groups excluding carboxylic acids is 1. The summed E-state index contributed by atoms with van der Waals surface area (Å²) < 4.78 is 5.76. The normalized spacial score (nSPS) is 10.8. The van der Waals surface area contributed by atoms with E-state index in [9.17, 15) is 4.79 Å². The van der Waals surface area contributed by atoms with E-state index in [-0.39, 0.29) is 23.9 Å². The summed E-state index contributed by atoms with van der Waals surface area (Å²) in [5.74, 6) is 0.0609. The number of amides is 1. The zero-order chi connectivity index (χ0) is 12.2. The number of nitrogens with one attached hydrogen (secondary N) is 1. The van der Waals surface area contributed by atoms with Gasteiger partial charge in [0.05, 0.1) is 16.3 Å². The fraction of sp³-hybridized carbons (Fsp3) is 0.545. The third-order valence-corrected chi connectivity index (χ3v) is 3.57. The Labute approximate surface area is 116 Å². The molecule has 0 fully saturated rings. The minimum atomic E-state index is -0.344. The zero-order valence-corrected chi connectivity index (χ0v) is 12.4. The minimum absolute atomic E-state index is 0. The predicted molar refractivity (Wildman–Crippen MR) is 73.5 cm³/mol. The van der Waals surface area contributed by atoms with Crippen LogP contribution in [0.5, 0.6) is 0 Å². The lowest BCUT2D eigenvalue weighted by Crippen LogP contribution is -2.52. The Balaban J connectivity index is 0.00000256. The lowest BCUT2D eigenvalue weighted by atomic mass is 9.93. The van der Waals surface area contributed by atoms with Crippen LogP contribution in [0.1, 0.15) is 37.2 Å². The minimum Gasteiger partial charge on any atom is -0.458 e. The molecule has 0 aliphatic rings. The summed E-state index contributed by atoms with van der Waals surface area (Å²) in [6, 6.07) is 1.69. The molecule has 0 saturated heterocycles. The van der Waals surface area contributed by atoms with Crippen molar-refractivity contribution in [1.82, 2.24) is 5.32 Å². The Hall–Kier alpha value is -0.520. The number of carbonyl (C=O) groups is 1. The first-order chi connectivity index (χ1) is 7.58. The summed E-state index contributed by atoms with van der Waals surface area (Å²) in [5, 5.41) is 2.94. The fourth-order valence-electron chi connectivity index (χ4n) is 1.52. The Kier molecular flexibility index (Phi) is 6.82. The van der Waals surface area contributed by atoms with E-state index in [4.69, 9.17) is 10.2 Å². The van der Waals surface area contributed by atoms with Crippen LogP contribution < -0.4 is 11.1 Å². The number of hydrogen-bond acceptors (Lipinski definition) is 3. The van der Waals surface area contributed by atoms with Crippen molar-refractivity contribution < 1.29 is 9.21 Å². The highest BCUT2D eigenvalue weighted by Gasteiger charge is 2.28. The molecule has 1 amide bonds. The maximum atomic E-state index is 11.9. The summed E-state index contributed by atoms with van der Waals surface area (Å²) in [4.78, 5) is 11.9. The van der Waals surface area contributed by atoms with Crippen LogP contribution in [-0.4, -0.2) is 18.0 Å². The second-order valence-electron chi connectivity index (χ2n) is 3.74. The summed E-state index contributed by atoms with van der Waals surface area (Å²) in [6.45, 7) is 4.44. The molecular weight excluding hydrogens is 307 g/mol. The smallest absolute Gasteiger partial charge is 0.288 e. The highest BCUT2D eigenvalue weighted by Crippen LogP contribution is 2.20. The van der Waals surface area contributed by atoms with Gasteiger partial charge in [0.1, 0.15) is 0 Å². The van der Waals surface area contributed by atoms with Crippen molar-refractivity contribution in [2.24, 2.45) is 5.73 Å². The lowest BCUT2D eigenvalue weighted by Gasteiger charge is -2.31. The number of halogens is 2. The topological polar surface area (TPSA) is 68.3 Å². The maximum Gasteiger partial charge on any atom is 0.288 e. The summed E-state index contributed by atoms with van der Waals surface area (Å²) in [6.07, 6.45) is 3.06. The molecule has 0 unspecified atom stereocenters. The summed E-state index contributed by atoms with van der Waals surface area (Å²) in [5.41, 5.74) is 5.37. The van der Waals surface area contributed by atoms with Gasteiger partial charge in [-0.05, 0) is 34.8 Å². The van der Waals surface area contributed by atoms with E-state index in [0.717, 1.165) is 12.8 Å². The van der Waals surface area contributed by atoms with Gasteiger partial charge in [-0.3, -0.25) is 4.79 Å². The standard InChI is InChI=1S/C11H17BrN2O2.ClH/c1-3-11(4-2,7-13)14-10(15)9-8(12)5-6-16-9;/h5-6H,3-4,7,13H2,1-2H3,(H,14,15);1H. The first-order valence-corrected chi connectivity index (χ1v) is 6.13. The van der Waals surface area contributed by atoms with Crippen LogP contribution in [0.2, 0.25) is 0 Å². The van der Waals surface area contributed by atoms with Crippen molar-refractivity contribution in [3.05, 3.63) is 22.6 Å². The van der Waals surface area contributed by atoms with Crippen LogP contribution in [0.4, 0.5) is 0 Å². The van der Waals surface area contributed by atoms with Gasteiger partial charge in [-0.1, -0.05) is 13.8 Å². The monoisotopic (exact) mass is 324 g/mol. The number of rotatable bonds is 5. The third kappa shape index (κ3) is 3.72. The summed E-state index contributed by atoms with van der Waals surface area (Å²) >= 11 is 3.25.